The molecule has 1 aliphatic rings. The summed E-state index contributed by atoms with van der Waals surface area (Å²) in [6, 6.07) is 18.4. The Hall–Kier alpha value is -2.33. The van der Waals surface area contributed by atoms with Gasteiger partial charge in [0.05, 0.1) is 6.04 Å². The smallest absolute Gasteiger partial charge is 0.258 e. The highest BCUT2D eigenvalue weighted by molar-refractivity contribution is 5.77. The second-order valence-corrected chi connectivity index (χ2v) is 6.58. The topological polar surface area (TPSA) is 41.6 Å². The van der Waals surface area contributed by atoms with E-state index in [1.54, 1.807) is 0 Å². The Bertz CT molecular complexity index is 664. The number of amides is 1. The van der Waals surface area contributed by atoms with E-state index in [2.05, 4.69) is 34.5 Å². The Morgan fingerprint density at radius 3 is 2.44 bits per heavy atom. The molecule has 25 heavy (non-hydrogen) atoms. The number of nitrogens with zero attached hydrogens (tertiary/aromatic N) is 1. The van der Waals surface area contributed by atoms with Gasteiger partial charge >= 0.3 is 0 Å². The molecule has 1 saturated heterocycles. The van der Waals surface area contributed by atoms with E-state index >= 15 is 0 Å². The fourth-order valence-electron chi connectivity index (χ4n) is 3.23. The highest BCUT2D eigenvalue weighted by atomic mass is 16.5. The molecule has 3 rings (SSSR count). The van der Waals surface area contributed by atoms with Crippen LogP contribution in [0, 0.1) is 6.92 Å². The normalized spacial score (nSPS) is 15.7. The number of hydrogen-bond donors (Lipinski definition) is 1. The van der Waals surface area contributed by atoms with Crippen LogP contribution in [0.5, 0.6) is 5.75 Å². The van der Waals surface area contributed by atoms with Crippen LogP contribution in [0.2, 0.25) is 0 Å². The van der Waals surface area contributed by atoms with Gasteiger partial charge in [-0.25, -0.2) is 0 Å². The predicted molar refractivity (Wildman–Crippen MR) is 99.7 cm³/mol. The van der Waals surface area contributed by atoms with Crippen LogP contribution in [0.4, 0.5) is 0 Å². The van der Waals surface area contributed by atoms with Crippen LogP contribution in [0.25, 0.3) is 0 Å². The van der Waals surface area contributed by atoms with E-state index in [4.69, 9.17) is 4.74 Å². The maximum Gasteiger partial charge on any atom is 0.258 e. The number of aryl methyl sites for hydroxylation is 1. The fraction of sp³-hybridized carbons (Fsp3) is 0.381. The van der Waals surface area contributed by atoms with Crippen molar-refractivity contribution < 1.29 is 9.53 Å². The molecule has 1 amide bonds. The SMILES string of the molecule is Cc1ccc(OCC(=O)NCC(c2ccccc2)N2CCCC2)cc1. The summed E-state index contributed by atoms with van der Waals surface area (Å²) in [6.45, 7) is 4.87. The highest BCUT2D eigenvalue weighted by Gasteiger charge is 2.23. The first-order valence-electron chi connectivity index (χ1n) is 8.97. The minimum absolute atomic E-state index is 0.0462. The van der Waals surface area contributed by atoms with E-state index < -0.39 is 0 Å². The molecule has 1 fully saturated rings. The zero-order chi connectivity index (χ0) is 17.5. The molecule has 1 atom stereocenters. The molecule has 1 unspecified atom stereocenters. The van der Waals surface area contributed by atoms with Gasteiger partial charge in [0.2, 0.25) is 0 Å². The molecular weight excluding hydrogens is 312 g/mol. The van der Waals surface area contributed by atoms with Gasteiger partial charge in [0.1, 0.15) is 5.75 Å². The number of hydrogen-bond acceptors (Lipinski definition) is 3. The molecule has 1 aliphatic heterocycles. The molecular formula is C21H26N2O2. The van der Waals surface area contributed by atoms with Crippen molar-refractivity contribution in [2.45, 2.75) is 25.8 Å². The van der Waals surface area contributed by atoms with Crippen LogP contribution in [0.1, 0.15) is 30.0 Å². The van der Waals surface area contributed by atoms with Crippen LogP contribution in [-0.2, 0) is 4.79 Å². The average molecular weight is 338 g/mol. The molecule has 0 radical (unpaired) electrons. The van der Waals surface area contributed by atoms with Crippen molar-refractivity contribution in [3.05, 3.63) is 65.7 Å². The van der Waals surface area contributed by atoms with Gasteiger partial charge in [-0.1, -0.05) is 48.0 Å². The van der Waals surface area contributed by atoms with Crippen LogP contribution < -0.4 is 10.1 Å². The Labute approximate surface area is 149 Å². The first-order chi connectivity index (χ1) is 12.2. The zero-order valence-corrected chi connectivity index (χ0v) is 14.8. The number of rotatable bonds is 7. The molecule has 1 heterocycles. The molecule has 1 N–H and O–H groups in total. The molecule has 132 valence electrons. The molecule has 0 aliphatic carbocycles. The van der Waals surface area contributed by atoms with Gasteiger partial charge in [0, 0.05) is 6.54 Å². The third-order valence-corrected chi connectivity index (χ3v) is 4.65. The van der Waals surface area contributed by atoms with Crippen molar-refractivity contribution in [1.29, 1.82) is 0 Å². The van der Waals surface area contributed by atoms with E-state index in [1.807, 2.05) is 37.3 Å². The lowest BCUT2D eigenvalue weighted by molar-refractivity contribution is -0.123. The largest absolute Gasteiger partial charge is 0.484 e. The van der Waals surface area contributed by atoms with Crippen molar-refractivity contribution in [2.24, 2.45) is 0 Å². The van der Waals surface area contributed by atoms with Gasteiger partial charge in [-0.2, -0.15) is 0 Å². The number of ether oxygens (including phenoxy) is 1. The number of nitrogens with one attached hydrogen (secondary N) is 1. The lowest BCUT2D eigenvalue weighted by Gasteiger charge is -2.28. The summed E-state index contributed by atoms with van der Waals surface area (Å²) in [5.74, 6) is 0.639. The fourth-order valence-corrected chi connectivity index (χ4v) is 3.23. The summed E-state index contributed by atoms with van der Waals surface area (Å²) >= 11 is 0. The molecule has 2 aromatic carbocycles. The molecule has 4 heteroatoms. The second-order valence-electron chi connectivity index (χ2n) is 6.58. The van der Waals surface area contributed by atoms with Crippen molar-refractivity contribution in [3.63, 3.8) is 0 Å². The number of benzene rings is 2. The van der Waals surface area contributed by atoms with Crippen LogP contribution in [0.3, 0.4) is 0 Å². The Morgan fingerprint density at radius 2 is 1.76 bits per heavy atom. The van der Waals surface area contributed by atoms with Crippen LogP contribution >= 0.6 is 0 Å². The van der Waals surface area contributed by atoms with Gasteiger partial charge in [-0.3, -0.25) is 9.69 Å². The van der Waals surface area contributed by atoms with E-state index in [0.717, 1.165) is 18.8 Å². The standard InChI is InChI=1S/C21H26N2O2/c1-17-9-11-19(12-10-17)25-16-21(24)22-15-20(23-13-5-6-14-23)18-7-3-2-4-8-18/h2-4,7-12,20H,5-6,13-16H2,1H3,(H,22,24). The van der Waals surface area contributed by atoms with Crippen molar-refractivity contribution in [1.82, 2.24) is 10.2 Å². The summed E-state index contributed by atoms with van der Waals surface area (Å²) < 4.78 is 5.56. The highest BCUT2D eigenvalue weighted by Crippen LogP contribution is 2.24. The monoisotopic (exact) mass is 338 g/mol. The third-order valence-electron chi connectivity index (χ3n) is 4.65. The number of carbonyl (C=O) groups excluding carboxylic acids is 1. The Balaban J connectivity index is 1.53. The Morgan fingerprint density at radius 1 is 1.08 bits per heavy atom. The third kappa shape index (κ3) is 5.07. The summed E-state index contributed by atoms with van der Waals surface area (Å²) in [4.78, 5) is 14.6. The Kier molecular flexibility index (Phi) is 6.07. The molecule has 0 bridgehead atoms. The molecule has 4 nitrogen and oxygen atoms in total. The summed E-state index contributed by atoms with van der Waals surface area (Å²) in [5.41, 5.74) is 2.43. The number of carbonyl (C=O) groups is 1. The quantitative estimate of drug-likeness (QED) is 0.842. The van der Waals surface area contributed by atoms with Gasteiger partial charge in [-0.05, 0) is 50.6 Å². The maximum absolute atomic E-state index is 12.2. The molecule has 2 aromatic rings. The van der Waals surface area contributed by atoms with Crippen molar-refractivity contribution in [2.75, 3.05) is 26.2 Å². The summed E-state index contributed by atoms with van der Waals surface area (Å²) in [7, 11) is 0. The van der Waals surface area contributed by atoms with Crippen molar-refractivity contribution >= 4 is 5.91 Å². The van der Waals surface area contributed by atoms with Crippen LogP contribution in [-0.4, -0.2) is 37.0 Å². The maximum atomic E-state index is 12.2. The lowest BCUT2D eigenvalue weighted by atomic mass is 10.1. The molecule has 0 saturated carbocycles. The van der Waals surface area contributed by atoms with Crippen molar-refractivity contribution in [3.8, 4) is 5.75 Å². The van der Waals surface area contributed by atoms with Gasteiger partial charge in [-0.15, -0.1) is 0 Å². The van der Waals surface area contributed by atoms with Gasteiger partial charge in [0.25, 0.3) is 5.91 Å². The summed E-state index contributed by atoms with van der Waals surface area (Å²) in [6.07, 6.45) is 2.46. The van der Waals surface area contributed by atoms with E-state index in [1.165, 1.54) is 24.0 Å². The minimum atomic E-state index is -0.0827. The predicted octanol–water partition coefficient (Wildman–Crippen LogP) is 3.33. The van der Waals surface area contributed by atoms with Gasteiger partial charge < -0.3 is 10.1 Å². The van der Waals surface area contributed by atoms with Crippen LogP contribution in [0.15, 0.2) is 54.6 Å². The molecule has 0 spiro atoms. The first kappa shape index (κ1) is 17.5. The molecule has 0 aromatic heterocycles. The van der Waals surface area contributed by atoms with E-state index in [0.29, 0.717) is 6.54 Å². The average Bonchev–Trinajstić information content (AvgIpc) is 3.17. The lowest BCUT2D eigenvalue weighted by Crippen LogP contribution is -2.38. The van der Waals surface area contributed by atoms with Gasteiger partial charge in [0.15, 0.2) is 6.61 Å². The zero-order valence-electron chi connectivity index (χ0n) is 14.8. The summed E-state index contributed by atoms with van der Waals surface area (Å²) in [5, 5.41) is 3.03. The van der Waals surface area contributed by atoms with E-state index in [9.17, 15) is 4.79 Å². The first-order valence-corrected chi connectivity index (χ1v) is 8.97. The minimum Gasteiger partial charge on any atom is -0.484 e. The number of likely N-dealkylation sites (tertiary alicyclic amines) is 1. The van der Waals surface area contributed by atoms with E-state index in [-0.39, 0.29) is 18.6 Å². The second kappa shape index (κ2) is 8.67.